The number of carbonyl (C=O) groups excluding carboxylic acids is 2. The minimum absolute atomic E-state index is 0.147. The summed E-state index contributed by atoms with van der Waals surface area (Å²) in [5, 5.41) is 3.81. The molecule has 2 aromatic rings. The number of rotatable bonds is 9. The number of hydrogen-bond donors (Lipinski definition) is 1. The van der Waals surface area contributed by atoms with Crippen LogP contribution in [0.5, 0.6) is 0 Å². The molecular weight excluding hydrogens is 440 g/mol. The van der Waals surface area contributed by atoms with E-state index < -0.39 is 18.0 Å². The zero-order valence-electron chi connectivity index (χ0n) is 19.0. The molecule has 1 aliphatic rings. The van der Waals surface area contributed by atoms with Crippen molar-refractivity contribution in [2.45, 2.75) is 19.4 Å². The molecule has 174 valence electrons. The molecule has 0 saturated carbocycles. The fraction of sp³-hybridized carbons (Fsp3) is 0.320. The molecule has 3 rings (SSSR count). The average Bonchev–Trinajstić information content (AvgIpc) is 2.83. The van der Waals surface area contributed by atoms with Crippen LogP contribution in [-0.2, 0) is 25.4 Å². The van der Waals surface area contributed by atoms with Crippen LogP contribution in [0.1, 0.15) is 34.5 Å². The Bertz CT molecular complexity index is 1020. The second-order valence-corrected chi connectivity index (χ2v) is 7.90. The monoisotopic (exact) mass is 468 g/mol. The largest absolute Gasteiger partial charge is 0.465 e. The van der Waals surface area contributed by atoms with Gasteiger partial charge in [-0.05, 0) is 48.8 Å². The summed E-state index contributed by atoms with van der Waals surface area (Å²) < 4.78 is 15.2. The number of thiocarbonyl (C=S) groups is 1. The van der Waals surface area contributed by atoms with Gasteiger partial charge in [0, 0.05) is 19.4 Å². The van der Waals surface area contributed by atoms with E-state index in [-0.39, 0.29) is 6.61 Å². The van der Waals surface area contributed by atoms with E-state index in [1.807, 2.05) is 30.0 Å². The van der Waals surface area contributed by atoms with Crippen molar-refractivity contribution in [2.24, 2.45) is 0 Å². The zero-order chi connectivity index (χ0) is 23.8. The first kappa shape index (κ1) is 24.4. The van der Waals surface area contributed by atoms with Crippen molar-refractivity contribution in [1.29, 1.82) is 0 Å². The fourth-order valence-corrected chi connectivity index (χ4v) is 4.02. The third kappa shape index (κ3) is 5.97. The van der Waals surface area contributed by atoms with Gasteiger partial charge < -0.3 is 24.4 Å². The molecule has 1 unspecified atom stereocenters. The van der Waals surface area contributed by atoms with Gasteiger partial charge in [0.15, 0.2) is 5.11 Å². The normalized spacial score (nSPS) is 15.8. The number of benzene rings is 2. The predicted molar refractivity (Wildman–Crippen MR) is 129 cm³/mol. The highest BCUT2D eigenvalue weighted by atomic mass is 32.1. The average molecular weight is 469 g/mol. The molecular formula is C25H28N2O5S. The maximum atomic E-state index is 13.1. The lowest BCUT2D eigenvalue weighted by Crippen LogP contribution is -2.48. The smallest absolute Gasteiger partial charge is 0.338 e. The highest BCUT2D eigenvalue weighted by Crippen LogP contribution is 2.32. The van der Waals surface area contributed by atoms with Crippen molar-refractivity contribution in [3.05, 3.63) is 82.6 Å². The van der Waals surface area contributed by atoms with Gasteiger partial charge in [-0.15, -0.1) is 0 Å². The lowest BCUT2D eigenvalue weighted by Gasteiger charge is -2.37. The van der Waals surface area contributed by atoms with Crippen LogP contribution in [0, 0.1) is 0 Å². The molecule has 1 heterocycles. The van der Waals surface area contributed by atoms with Gasteiger partial charge in [-0.1, -0.05) is 42.5 Å². The van der Waals surface area contributed by atoms with Gasteiger partial charge in [-0.25, -0.2) is 9.59 Å². The van der Waals surface area contributed by atoms with Gasteiger partial charge in [0.05, 0.1) is 30.9 Å². The molecule has 0 spiro atoms. The molecule has 0 saturated heterocycles. The minimum Gasteiger partial charge on any atom is -0.465 e. The Balaban J connectivity index is 1.91. The summed E-state index contributed by atoms with van der Waals surface area (Å²) in [6.45, 7) is 2.94. The molecule has 8 heteroatoms. The molecule has 0 aromatic heterocycles. The van der Waals surface area contributed by atoms with E-state index in [2.05, 4.69) is 17.4 Å². The first-order valence-electron chi connectivity index (χ1n) is 10.6. The van der Waals surface area contributed by atoms with E-state index in [1.54, 1.807) is 31.4 Å². The summed E-state index contributed by atoms with van der Waals surface area (Å²) >= 11 is 5.66. The SMILES string of the molecule is COCCOC(=O)C1=C(C)N(CCc2ccccc2)C(=S)NC1c1ccc(C(=O)OC)cc1. The maximum absolute atomic E-state index is 13.1. The summed E-state index contributed by atoms with van der Waals surface area (Å²) in [5.41, 5.74) is 3.59. The molecule has 1 atom stereocenters. The standard InChI is InChI=1S/C25H28N2O5S/c1-17-21(24(29)32-16-15-30-2)22(19-9-11-20(12-10-19)23(28)31-3)26-25(33)27(17)14-13-18-7-5-4-6-8-18/h4-12,22H,13-16H2,1-3H3,(H,26,33). The van der Waals surface area contributed by atoms with Crippen LogP contribution in [0.25, 0.3) is 0 Å². The van der Waals surface area contributed by atoms with Gasteiger partial charge >= 0.3 is 11.9 Å². The molecule has 7 nitrogen and oxygen atoms in total. The van der Waals surface area contributed by atoms with Crippen molar-refractivity contribution in [3.8, 4) is 0 Å². The number of hydrogen-bond acceptors (Lipinski definition) is 6. The third-order valence-corrected chi connectivity index (χ3v) is 5.81. The predicted octanol–water partition coefficient (Wildman–Crippen LogP) is 3.41. The molecule has 0 fully saturated rings. The van der Waals surface area contributed by atoms with Crippen molar-refractivity contribution >= 4 is 29.3 Å². The van der Waals surface area contributed by atoms with Crippen molar-refractivity contribution in [1.82, 2.24) is 10.2 Å². The van der Waals surface area contributed by atoms with E-state index in [1.165, 1.54) is 12.7 Å². The van der Waals surface area contributed by atoms with Crippen LogP contribution in [0.15, 0.2) is 65.9 Å². The number of nitrogens with one attached hydrogen (secondary N) is 1. The van der Waals surface area contributed by atoms with Crippen LogP contribution >= 0.6 is 12.2 Å². The first-order valence-corrected chi connectivity index (χ1v) is 11.0. The van der Waals surface area contributed by atoms with Crippen molar-refractivity contribution < 1.29 is 23.8 Å². The second-order valence-electron chi connectivity index (χ2n) is 7.51. The minimum atomic E-state index is -0.507. The number of carbonyl (C=O) groups is 2. The number of allylic oxidation sites excluding steroid dienone is 1. The van der Waals surface area contributed by atoms with Crippen molar-refractivity contribution in [3.63, 3.8) is 0 Å². The van der Waals surface area contributed by atoms with Gasteiger partial charge in [0.2, 0.25) is 0 Å². The van der Waals surface area contributed by atoms with Crippen molar-refractivity contribution in [2.75, 3.05) is 34.0 Å². The molecule has 0 aliphatic carbocycles. The van der Waals surface area contributed by atoms with Crippen LogP contribution in [0.3, 0.4) is 0 Å². The lowest BCUT2D eigenvalue weighted by atomic mass is 9.94. The highest BCUT2D eigenvalue weighted by molar-refractivity contribution is 7.80. The number of ether oxygens (including phenoxy) is 3. The van der Waals surface area contributed by atoms with Gasteiger partial charge in [-0.2, -0.15) is 0 Å². The summed E-state index contributed by atoms with van der Waals surface area (Å²) in [6, 6.07) is 16.5. The van der Waals surface area contributed by atoms with E-state index in [4.69, 9.17) is 26.4 Å². The van der Waals surface area contributed by atoms with E-state index >= 15 is 0 Å². The number of esters is 2. The van der Waals surface area contributed by atoms with E-state index in [9.17, 15) is 9.59 Å². The molecule has 1 N–H and O–H groups in total. The Morgan fingerprint density at radius 2 is 1.70 bits per heavy atom. The topological polar surface area (TPSA) is 77.1 Å². The summed E-state index contributed by atoms with van der Waals surface area (Å²) in [4.78, 5) is 26.8. The van der Waals surface area contributed by atoms with E-state index in [0.29, 0.717) is 29.4 Å². The molecule has 0 bridgehead atoms. The van der Waals surface area contributed by atoms with E-state index in [0.717, 1.165) is 17.7 Å². The fourth-order valence-electron chi connectivity index (χ4n) is 3.68. The second kappa shape index (κ2) is 11.6. The van der Waals surface area contributed by atoms with Gasteiger partial charge in [0.1, 0.15) is 6.61 Å². The quantitative estimate of drug-likeness (QED) is 0.341. The van der Waals surface area contributed by atoms with Crippen LogP contribution in [0.4, 0.5) is 0 Å². The summed E-state index contributed by atoms with van der Waals surface area (Å²) in [7, 11) is 2.89. The van der Waals surface area contributed by atoms with Gasteiger partial charge in [-0.3, -0.25) is 0 Å². The number of nitrogens with zero attached hydrogens (tertiary/aromatic N) is 1. The Hall–Kier alpha value is -3.23. The summed E-state index contributed by atoms with van der Waals surface area (Å²) in [6.07, 6.45) is 0.768. The Labute approximate surface area is 199 Å². The van der Waals surface area contributed by atoms with Gasteiger partial charge in [0.25, 0.3) is 0 Å². The number of methoxy groups -OCH3 is 2. The van der Waals surface area contributed by atoms with Crippen LogP contribution in [-0.4, -0.2) is 55.9 Å². The molecule has 33 heavy (non-hydrogen) atoms. The van der Waals surface area contributed by atoms with Crippen LogP contribution in [0.2, 0.25) is 0 Å². The lowest BCUT2D eigenvalue weighted by molar-refractivity contribution is -0.140. The molecule has 2 aromatic carbocycles. The molecule has 0 amide bonds. The molecule has 1 aliphatic heterocycles. The Kier molecular flexibility index (Phi) is 8.57. The zero-order valence-corrected chi connectivity index (χ0v) is 19.8. The summed E-state index contributed by atoms with van der Waals surface area (Å²) in [5.74, 6) is -0.863. The third-order valence-electron chi connectivity index (χ3n) is 5.47. The van der Waals surface area contributed by atoms with Crippen LogP contribution < -0.4 is 5.32 Å². The maximum Gasteiger partial charge on any atom is 0.338 e. The Morgan fingerprint density at radius 3 is 2.33 bits per heavy atom. The highest BCUT2D eigenvalue weighted by Gasteiger charge is 2.34. The first-order chi connectivity index (χ1) is 16.0. The Morgan fingerprint density at radius 1 is 1.00 bits per heavy atom. The molecule has 0 radical (unpaired) electrons.